The maximum Gasteiger partial charge on any atom is 0.416 e. The second-order valence-electron chi connectivity index (χ2n) is 3.58. The molecule has 0 aliphatic rings. The molecule has 98 valence electrons. The molecule has 0 atom stereocenters. The van der Waals surface area contributed by atoms with Crippen LogP contribution in [0, 0.1) is 11.3 Å². The molecule has 2 rings (SSSR count). The molecule has 1 aromatic heterocycles. The van der Waals surface area contributed by atoms with Gasteiger partial charge < -0.3 is 0 Å². The Morgan fingerprint density at radius 1 is 1.21 bits per heavy atom. The number of nitrogens with zero attached hydrogens (tertiary/aromatic N) is 2. The molecule has 0 saturated heterocycles. The van der Waals surface area contributed by atoms with Crippen LogP contribution < -0.4 is 0 Å². The number of hydrogen-bond donors (Lipinski definition) is 1. The summed E-state index contributed by atoms with van der Waals surface area (Å²) in [6, 6.07) is 3.34. The summed E-state index contributed by atoms with van der Waals surface area (Å²) in [7, 11) is 0. The Balaban J connectivity index is 2.65. The topological polar surface area (TPSA) is 52.5 Å². The van der Waals surface area contributed by atoms with Gasteiger partial charge in [-0.1, -0.05) is 23.2 Å². The van der Waals surface area contributed by atoms with E-state index in [1.165, 1.54) is 6.20 Å². The zero-order valence-corrected chi connectivity index (χ0v) is 10.5. The average molecular weight is 306 g/mol. The number of hydrogen-bond acceptors (Lipinski definition) is 2. The van der Waals surface area contributed by atoms with Crippen LogP contribution in [0.15, 0.2) is 18.3 Å². The molecule has 0 unspecified atom stereocenters. The van der Waals surface area contributed by atoms with E-state index in [-0.39, 0.29) is 26.9 Å². The van der Waals surface area contributed by atoms with E-state index in [2.05, 4.69) is 10.2 Å². The number of halogens is 5. The molecular weight excluding hydrogens is 302 g/mol. The summed E-state index contributed by atoms with van der Waals surface area (Å²) in [5.74, 6) is 0. The van der Waals surface area contributed by atoms with Crippen LogP contribution in [-0.4, -0.2) is 10.2 Å². The molecular formula is C11H4Cl2F3N3. The van der Waals surface area contributed by atoms with Crippen LogP contribution in [0.1, 0.15) is 11.3 Å². The van der Waals surface area contributed by atoms with Gasteiger partial charge in [0.25, 0.3) is 0 Å². The fourth-order valence-electron chi connectivity index (χ4n) is 1.56. The van der Waals surface area contributed by atoms with Crippen LogP contribution in [-0.2, 0) is 6.18 Å². The predicted octanol–water partition coefficient (Wildman–Crippen LogP) is 4.27. The Morgan fingerprint density at radius 3 is 2.26 bits per heavy atom. The Hall–Kier alpha value is -1.71. The Kier molecular flexibility index (Phi) is 3.43. The zero-order valence-electron chi connectivity index (χ0n) is 9.02. The van der Waals surface area contributed by atoms with Crippen molar-refractivity contribution < 1.29 is 13.2 Å². The lowest BCUT2D eigenvalue weighted by Gasteiger charge is -2.11. The number of aromatic nitrogens is 2. The van der Waals surface area contributed by atoms with E-state index in [0.717, 1.165) is 12.1 Å². The number of aromatic amines is 1. The lowest BCUT2D eigenvalue weighted by molar-refractivity contribution is -0.137. The van der Waals surface area contributed by atoms with Gasteiger partial charge in [-0.15, -0.1) is 0 Å². The average Bonchev–Trinajstić information content (AvgIpc) is 2.75. The van der Waals surface area contributed by atoms with Crippen LogP contribution in [0.4, 0.5) is 13.2 Å². The zero-order chi connectivity index (χ0) is 14.2. The van der Waals surface area contributed by atoms with E-state index in [4.69, 9.17) is 28.5 Å². The van der Waals surface area contributed by atoms with Crippen molar-refractivity contribution in [3.05, 3.63) is 39.6 Å². The van der Waals surface area contributed by atoms with Gasteiger partial charge >= 0.3 is 6.18 Å². The molecule has 1 N–H and O–H groups in total. The van der Waals surface area contributed by atoms with E-state index in [9.17, 15) is 13.2 Å². The first-order valence-electron chi connectivity index (χ1n) is 4.84. The van der Waals surface area contributed by atoms with Gasteiger partial charge in [0.15, 0.2) is 0 Å². The number of nitriles is 1. The number of H-pyrrole nitrogens is 1. The van der Waals surface area contributed by atoms with Crippen molar-refractivity contribution in [3.8, 4) is 17.2 Å². The van der Waals surface area contributed by atoms with Gasteiger partial charge in [0.2, 0.25) is 0 Å². The van der Waals surface area contributed by atoms with Crippen LogP contribution in [0.25, 0.3) is 11.1 Å². The fourth-order valence-corrected chi connectivity index (χ4v) is 2.25. The number of alkyl halides is 3. The molecule has 1 heterocycles. The molecule has 19 heavy (non-hydrogen) atoms. The summed E-state index contributed by atoms with van der Waals surface area (Å²) in [5, 5.41) is 14.5. The van der Waals surface area contributed by atoms with Gasteiger partial charge in [-0.3, -0.25) is 5.10 Å². The van der Waals surface area contributed by atoms with E-state index in [1.807, 2.05) is 6.07 Å². The maximum atomic E-state index is 12.6. The highest BCUT2D eigenvalue weighted by molar-refractivity contribution is 6.39. The molecule has 0 radical (unpaired) electrons. The standard InChI is InChI=1S/C11H4Cl2F3N3/c12-7-1-5(11(14,15)16)2-8(13)10(7)6-4-18-19-9(6)3-17/h1-2,4H,(H,18,19). The highest BCUT2D eigenvalue weighted by Gasteiger charge is 2.32. The van der Waals surface area contributed by atoms with Crippen molar-refractivity contribution in [1.82, 2.24) is 10.2 Å². The molecule has 1 aromatic carbocycles. The van der Waals surface area contributed by atoms with Crippen molar-refractivity contribution in [2.75, 3.05) is 0 Å². The second kappa shape index (κ2) is 4.76. The Bertz CT molecular complexity index is 648. The summed E-state index contributed by atoms with van der Waals surface area (Å²) < 4.78 is 37.7. The Morgan fingerprint density at radius 2 is 1.79 bits per heavy atom. The molecule has 0 aliphatic carbocycles. The minimum Gasteiger partial charge on any atom is -0.267 e. The van der Waals surface area contributed by atoms with Crippen molar-refractivity contribution >= 4 is 23.2 Å². The highest BCUT2D eigenvalue weighted by Crippen LogP contribution is 2.40. The molecule has 0 amide bonds. The third-order valence-corrected chi connectivity index (χ3v) is 2.99. The SMILES string of the molecule is N#Cc1[nH]ncc1-c1c(Cl)cc(C(F)(F)F)cc1Cl. The van der Waals surface area contributed by atoms with Crippen molar-refractivity contribution in [2.45, 2.75) is 6.18 Å². The molecule has 0 bridgehead atoms. The number of benzene rings is 1. The number of nitrogens with one attached hydrogen (secondary N) is 1. The highest BCUT2D eigenvalue weighted by atomic mass is 35.5. The predicted molar refractivity (Wildman–Crippen MR) is 63.8 cm³/mol. The molecule has 2 aromatic rings. The summed E-state index contributed by atoms with van der Waals surface area (Å²) in [5.41, 5.74) is -0.482. The van der Waals surface area contributed by atoms with E-state index >= 15 is 0 Å². The van der Waals surface area contributed by atoms with E-state index < -0.39 is 11.7 Å². The van der Waals surface area contributed by atoms with Crippen molar-refractivity contribution in [3.63, 3.8) is 0 Å². The van der Waals surface area contributed by atoms with Crippen LogP contribution >= 0.6 is 23.2 Å². The van der Waals surface area contributed by atoms with E-state index in [1.54, 1.807) is 0 Å². The summed E-state index contributed by atoms with van der Waals surface area (Å²) in [6.45, 7) is 0. The van der Waals surface area contributed by atoms with Gasteiger partial charge in [-0.25, -0.2) is 0 Å². The van der Waals surface area contributed by atoms with Crippen LogP contribution in [0.2, 0.25) is 10.0 Å². The van der Waals surface area contributed by atoms with Crippen molar-refractivity contribution in [1.29, 1.82) is 5.26 Å². The molecule has 3 nitrogen and oxygen atoms in total. The minimum absolute atomic E-state index is 0.0727. The number of rotatable bonds is 1. The lowest BCUT2D eigenvalue weighted by Crippen LogP contribution is -2.05. The van der Waals surface area contributed by atoms with Gasteiger partial charge in [0.1, 0.15) is 11.8 Å². The van der Waals surface area contributed by atoms with Gasteiger partial charge in [-0.2, -0.15) is 23.5 Å². The largest absolute Gasteiger partial charge is 0.416 e. The van der Waals surface area contributed by atoms with Gasteiger partial charge in [0.05, 0.1) is 21.8 Å². The molecule has 0 saturated carbocycles. The first kappa shape index (κ1) is 13.7. The van der Waals surface area contributed by atoms with Crippen LogP contribution in [0.3, 0.4) is 0 Å². The fraction of sp³-hybridized carbons (Fsp3) is 0.0909. The minimum atomic E-state index is -4.54. The summed E-state index contributed by atoms with van der Waals surface area (Å²) >= 11 is 11.7. The van der Waals surface area contributed by atoms with Crippen molar-refractivity contribution in [2.24, 2.45) is 0 Å². The summed E-state index contributed by atoms with van der Waals surface area (Å²) in [4.78, 5) is 0. The Labute approximate surface area is 115 Å². The van der Waals surface area contributed by atoms with E-state index in [0.29, 0.717) is 0 Å². The summed E-state index contributed by atoms with van der Waals surface area (Å²) in [6.07, 6.45) is -3.26. The molecule has 8 heteroatoms. The smallest absolute Gasteiger partial charge is 0.267 e. The first-order valence-corrected chi connectivity index (χ1v) is 5.60. The second-order valence-corrected chi connectivity index (χ2v) is 4.40. The molecule has 0 fully saturated rings. The third kappa shape index (κ3) is 2.53. The third-order valence-electron chi connectivity index (χ3n) is 2.39. The molecule has 0 aliphatic heterocycles. The quantitative estimate of drug-likeness (QED) is 0.855. The van der Waals surface area contributed by atoms with Crippen LogP contribution in [0.5, 0.6) is 0 Å². The monoisotopic (exact) mass is 305 g/mol. The lowest BCUT2D eigenvalue weighted by atomic mass is 10.0. The normalized spacial score (nSPS) is 11.4. The molecule has 0 spiro atoms. The van der Waals surface area contributed by atoms with Gasteiger partial charge in [0, 0.05) is 11.1 Å². The first-order chi connectivity index (χ1) is 8.84. The maximum absolute atomic E-state index is 12.6. The van der Waals surface area contributed by atoms with Gasteiger partial charge in [-0.05, 0) is 12.1 Å².